The largest absolute Gasteiger partial charge is 0.619 e. The summed E-state index contributed by atoms with van der Waals surface area (Å²) in [6.07, 6.45) is 3.81. The highest BCUT2D eigenvalue weighted by Gasteiger charge is 1.99. The number of pyridine rings is 1. The van der Waals surface area contributed by atoms with E-state index in [4.69, 9.17) is 4.84 Å². The molecule has 1 aromatic heterocycles. The molecule has 1 aromatic rings. The minimum atomic E-state index is 0.617. The Balaban J connectivity index is 2.64. The number of aromatic nitrogens is 1. The smallest absolute Gasteiger partial charge is 0.181 e. The van der Waals surface area contributed by atoms with Crippen molar-refractivity contribution in [2.24, 2.45) is 5.16 Å². The minimum absolute atomic E-state index is 0.617. The molecule has 0 saturated heterocycles. The van der Waals surface area contributed by atoms with E-state index in [1.54, 1.807) is 12.1 Å². The van der Waals surface area contributed by atoms with Gasteiger partial charge >= 0.3 is 0 Å². The lowest BCUT2D eigenvalue weighted by molar-refractivity contribution is -0.605. The van der Waals surface area contributed by atoms with E-state index in [-0.39, 0.29) is 0 Å². The molecule has 0 unspecified atom stereocenters. The molecule has 0 N–H and O–H groups in total. The average Bonchev–Trinajstić information content (AvgIpc) is 2.19. The van der Waals surface area contributed by atoms with E-state index in [1.807, 2.05) is 13.8 Å². The van der Waals surface area contributed by atoms with Crippen molar-refractivity contribution in [1.29, 1.82) is 0 Å². The SMILES string of the molecule is CCCO/N=C(\C)c1cc[n+]([O-])cc1. The summed E-state index contributed by atoms with van der Waals surface area (Å²) in [5, 5.41) is 14.7. The molecule has 0 spiro atoms. The van der Waals surface area contributed by atoms with E-state index in [1.165, 1.54) is 12.4 Å². The lowest BCUT2D eigenvalue weighted by atomic mass is 10.2. The van der Waals surface area contributed by atoms with Crippen LogP contribution in [0.1, 0.15) is 25.8 Å². The molecule has 14 heavy (non-hydrogen) atoms. The normalized spacial score (nSPS) is 11.4. The van der Waals surface area contributed by atoms with Crippen molar-refractivity contribution in [1.82, 2.24) is 0 Å². The third-order valence-electron chi connectivity index (χ3n) is 1.72. The summed E-state index contributed by atoms with van der Waals surface area (Å²) in [7, 11) is 0. The van der Waals surface area contributed by atoms with Gasteiger partial charge in [-0.05, 0) is 13.3 Å². The lowest BCUT2D eigenvalue weighted by Crippen LogP contribution is -2.24. The Bertz CT molecular complexity index is 306. The molecule has 0 aliphatic heterocycles. The molecular formula is C10H14N2O2. The second-order valence-corrected chi connectivity index (χ2v) is 2.96. The van der Waals surface area contributed by atoms with E-state index < -0.39 is 0 Å². The van der Waals surface area contributed by atoms with E-state index in [0.717, 1.165) is 22.4 Å². The molecule has 1 rings (SSSR count). The Morgan fingerprint density at radius 2 is 2.14 bits per heavy atom. The van der Waals surface area contributed by atoms with Gasteiger partial charge in [-0.25, -0.2) is 0 Å². The highest BCUT2D eigenvalue weighted by molar-refractivity contribution is 5.98. The Hall–Kier alpha value is -1.58. The van der Waals surface area contributed by atoms with Gasteiger partial charge in [-0.3, -0.25) is 0 Å². The second kappa shape index (κ2) is 5.21. The van der Waals surface area contributed by atoms with Gasteiger partial charge in [0.25, 0.3) is 0 Å². The Labute approximate surface area is 83.4 Å². The number of nitrogens with zero attached hydrogens (tertiary/aromatic N) is 2. The predicted molar refractivity (Wildman–Crippen MR) is 53.9 cm³/mol. The molecule has 76 valence electrons. The maximum atomic E-state index is 10.8. The molecule has 1 heterocycles. The second-order valence-electron chi connectivity index (χ2n) is 2.96. The zero-order valence-electron chi connectivity index (χ0n) is 8.43. The van der Waals surface area contributed by atoms with Crippen LogP contribution in [0.5, 0.6) is 0 Å². The number of oxime groups is 1. The summed E-state index contributed by atoms with van der Waals surface area (Å²) in [6, 6.07) is 3.42. The molecule has 0 saturated carbocycles. The fourth-order valence-electron chi connectivity index (χ4n) is 0.940. The Morgan fingerprint density at radius 1 is 1.50 bits per heavy atom. The molecule has 0 atom stereocenters. The summed E-state index contributed by atoms with van der Waals surface area (Å²) in [5.74, 6) is 0. The van der Waals surface area contributed by atoms with Gasteiger partial charge in [-0.15, -0.1) is 0 Å². The van der Waals surface area contributed by atoms with Crippen LogP contribution in [0.15, 0.2) is 29.7 Å². The van der Waals surface area contributed by atoms with Crippen molar-refractivity contribution in [3.63, 3.8) is 0 Å². The van der Waals surface area contributed by atoms with Crippen LogP contribution in [0.2, 0.25) is 0 Å². The third kappa shape index (κ3) is 3.05. The van der Waals surface area contributed by atoms with Gasteiger partial charge < -0.3 is 10.0 Å². The number of hydrogen-bond acceptors (Lipinski definition) is 3. The molecular weight excluding hydrogens is 180 g/mol. The van der Waals surface area contributed by atoms with Gasteiger partial charge in [0.2, 0.25) is 0 Å². The van der Waals surface area contributed by atoms with Crippen LogP contribution in [-0.4, -0.2) is 12.3 Å². The van der Waals surface area contributed by atoms with E-state index in [2.05, 4.69) is 5.16 Å². The van der Waals surface area contributed by atoms with Gasteiger partial charge in [-0.1, -0.05) is 12.1 Å². The van der Waals surface area contributed by atoms with Crippen molar-refractivity contribution < 1.29 is 9.57 Å². The predicted octanol–water partition coefficient (Wildman–Crippen LogP) is 1.47. The van der Waals surface area contributed by atoms with Gasteiger partial charge in [0.1, 0.15) is 6.61 Å². The maximum absolute atomic E-state index is 10.8. The monoisotopic (exact) mass is 194 g/mol. The molecule has 4 nitrogen and oxygen atoms in total. The van der Waals surface area contributed by atoms with Gasteiger partial charge in [0.15, 0.2) is 12.4 Å². The van der Waals surface area contributed by atoms with Crippen molar-refractivity contribution >= 4 is 5.71 Å². The first-order chi connectivity index (χ1) is 6.74. The molecule has 0 aliphatic rings. The van der Waals surface area contributed by atoms with Gasteiger partial charge in [0.05, 0.1) is 5.71 Å². The summed E-state index contributed by atoms with van der Waals surface area (Å²) in [5.41, 5.74) is 1.67. The van der Waals surface area contributed by atoms with Gasteiger partial charge in [0, 0.05) is 17.7 Å². The van der Waals surface area contributed by atoms with Gasteiger partial charge in [-0.2, -0.15) is 4.73 Å². The minimum Gasteiger partial charge on any atom is -0.619 e. The summed E-state index contributed by atoms with van der Waals surface area (Å²) < 4.78 is 0.740. The molecule has 0 radical (unpaired) electrons. The molecule has 0 fully saturated rings. The number of hydrogen-bond donors (Lipinski definition) is 0. The van der Waals surface area contributed by atoms with Crippen molar-refractivity contribution in [2.75, 3.05) is 6.61 Å². The Kier molecular flexibility index (Phi) is 3.91. The Morgan fingerprint density at radius 3 is 2.71 bits per heavy atom. The maximum Gasteiger partial charge on any atom is 0.181 e. The van der Waals surface area contributed by atoms with Crippen LogP contribution < -0.4 is 4.73 Å². The van der Waals surface area contributed by atoms with Crippen molar-refractivity contribution in [2.45, 2.75) is 20.3 Å². The van der Waals surface area contributed by atoms with E-state index in [0.29, 0.717) is 6.61 Å². The van der Waals surface area contributed by atoms with Crippen LogP contribution in [0, 0.1) is 5.21 Å². The highest BCUT2D eigenvalue weighted by Crippen LogP contribution is 1.98. The summed E-state index contributed by atoms with van der Waals surface area (Å²) in [6.45, 7) is 4.49. The fourth-order valence-corrected chi connectivity index (χ4v) is 0.940. The molecule has 0 bridgehead atoms. The molecule has 0 amide bonds. The first-order valence-corrected chi connectivity index (χ1v) is 4.59. The lowest BCUT2D eigenvalue weighted by Gasteiger charge is -2.00. The van der Waals surface area contributed by atoms with Crippen LogP contribution >= 0.6 is 0 Å². The zero-order valence-corrected chi connectivity index (χ0v) is 8.43. The number of rotatable bonds is 4. The van der Waals surface area contributed by atoms with E-state index in [9.17, 15) is 5.21 Å². The molecule has 0 aromatic carbocycles. The summed E-state index contributed by atoms with van der Waals surface area (Å²) in [4.78, 5) is 5.03. The van der Waals surface area contributed by atoms with Crippen molar-refractivity contribution in [3.8, 4) is 0 Å². The first-order valence-electron chi connectivity index (χ1n) is 4.59. The summed E-state index contributed by atoms with van der Waals surface area (Å²) >= 11 is 0. The standard InChI is InChI=1S/C10H14N2O2/c1-3-8-14-11-9(2)10-4-6-12(13)7-5-10/h4-7H,3,8H2,1-2H3/b11-9+. The molecule has 0 aliphatic carbocycles. The third-order valence-corrected chi connectivity index (χ3v) is 1.72. The quantitative estimate of drug-likeness (QED) is 0.239. The average molecular weight is 194 g/mol. The first kappa shape index (κ1) is 10.5. The van der Waals surface area contributed by atoms with E-state index >= 15 is 0 Å². The fraction of sp³-hybridized carbons (Fsp3) is 0.400. The zero-order chi connectivity index (χ0) is 10.4. The van der Waals surface area contributed by atoms with Crippen LogP contribution in [-0.2, 0) is 4.84 Å². The van der Waals surface area contributed by atoms with Crippen molar-refractivity contribution in [3.05, 3.63) is 35.3 Å². The van der Waals surface area contributed by atoms with Crippen LogP contribution in [0.3, 0.4) is 0 Å². The molecule has 4 heteroatoms. The topological polar surface area (TPSA) is 48.5 Å². The van der Waals surface area contributed by atoms with Crippen LogP contribution in [0.4, 0.5) is 0 Å². The van der Waals surface area contributed by atoms with Crippen LogP contribution in [0.25, 0.3) is 0 Å². The highest BCUT2D eigenvalue weighted by atomic mass is 16.6.